The highest BCUT2D eigenvalue weighted by molar-refractivity contribution is 5.85. The molecule has 0 radical (unpaired) electrons. The fraction of sp³-hybridized carbons (Fsp3) is 0.417. The van der Waals surface area contributed by atoms with Crippen molar-refractivity contribution in [1.29, 1.82) is 0 Å². The van der Waals surface area contributed by atoms with Crippen LogP contribution < -0.4 is 16.0 Å². The molecule has 2 amide bonds. The number of halogens is 3. The first-order valence-electron chi connectivity index (χ1n) is 5.82. The van der Waals surface area contributed by atoms with Crippen molar-refractivity contribution in [2.24, 2.45) is 5.73 Å². The summed E-state index contributed by atoms with van der Waals surface area (Å²) in [5.74, 6) is -1.14. The van der Waals surface area contributed by atoms with E-state index in [1.807, 2.05) is 4.90 Å². The van der Waals surface area contributed by atoms with Crippen LogP contribution in [-0.4, -0.2) is 25.2 Å². The fourth-order valence-electron chi connectivity index (χ4n) is 2.20. The number of piperidine rings is 1. The van der Waals surface area contributed by atoms with Crippen LogP contribution in [0.25, 0.3) is 0 Å². The monoisotopic (exact) mass is 291 g/mol. The summed E-state index contributed by atoms with van der Waals surface area (Å²) in [6, 6.07) is 3.05. The lowest BCUT2D eigenvalue weighted by Crippen LogP contribution is -2.46. The Morgan fingerprint density at radius 1 is 1.32 bits per heavy atom. The van der Waals surface area contributed by atoms with E-state index in [1.54, 1.807) is 0 Å². The Labute approximate surface area is 116 Å². The summed E-state index contributed by atoms with van der Waals surface area (Å²) >= 11 is 0. The molecule has 0 unspecified atom stereocenters. The molecule has 1 aliphatic rings. The lowest BCUT2D eigenvalue weighted by molar-refractivity contribution is 0.242. The van der Waals surface area contributed by atoms with Gasteiger partial charge in [0.25, 0.3) is 0 Å². The van der Waals surface area contributed by atoms with Crippen molar-refractivity contribution >= 4 is 24.1 Å². The average Bonchev–Trinajstić information content (AvgIpc) is 2.30. The van der Waals surface area contributed by atoms with Crippen molar-refractivity contribution in [3.05, 3.63) is 29.8 Å². The smallest absolute Gasteiger partial charge is 0.312 e. The molecule has 4 nitrogen and oxygen atoms in total. The fourth-order valence-corrected chi connectivity index (χ4v) is 2.20. The number of primary amides is 1. The third-order valence-corrected chi connectivity index (χ3v) is 3.09. The lowest BCUT2D eigenvalue weighted by atomic mass is 10.0. The Balaban J connectivity index is 0.00000180. The van der Waals surface area contributed by atoms with E-state index in [0.717, 1.165) is 6.07 Å². The van der Waals surface area contributed by atoms with Crippen LogP contribution in [0.15, 0.2) is 18.2 Å². The molecule has 19 heavy (non-hydrogen) atoms. The van der Waals surface area contributed by atoms with Gasteiger partial charge in [0.15, 0.2) is 0 Å². The van der Waals surface area contributed by atoms with E-state index in [4.69, 9.17) is 5.73 Å². The number of hydrogen-bond acceptors (Lipinski definition) is 2. The van der Waals surface area contributed by atoms with Gasteiger partial charge in [0.05, 0.1) is 5.69 Å². The third-order valence-electron chi connectivity index (χ3n) is 3.09. The average molecular weight is 292 g/mol. The van der Waals surface area contributed by atoms with Crippen LogP contribution in [-0.2, 0) is 0 Å². The van der Waals surface area contributed by atoms with Crippen molar-refractivity contribution in [2.45, 2.75) is 18.9 Å². The van der Waals surface area contributed by atoms with Gasteiger partial charge in [-0.05, 0) is 25.0 Å². The molecule has 2 rings (SSSR count). The van der Waals surface area contributed by atoms with E-state index in [-0.39, 0.29) is 18.4 Å². The maximum Gasteiger partial charge on any atom is 0.312 e. The van der Waals surface area contributed by atoms with E-state index in [2.05, 4.69) is 5.32 Å². The Hall–Kier alpha value is -1.56. The van der Waals surface area contributed by atoms with Gasteiger partial charge in [-0.15, -0.1) is 12.4 Å². The van der Waals surface area contributed by atoms with Crippen molar-refractivity contribution in [3.8, 4) is 0 Å². The second-order valence-corrected chi connectivity index (χ2v) is 4.37. The molecule has 1 heterocycles. The molecule has 7 heteroatoms. The number of amides is 2. The third kappa shape index (κ3) is 3.96. The Morgan fingerprint density at radius 3 is 2.47 bits per heavy atom. The summed E-state index contributed by atoms with van der Waals surface area (Å²) in [6.07, 6.45) is 1.39. The Bertz CT molecular complexity index is 451. The first kappa shape index (κ1) is 15.5. The molecule has 1 fully saturated rings. The molecule has 1 aromatic carbocycles. The summed E-state index contributed by atoms with van der Waals surface area (Å²) in [5.41, 5.74) is 5.44. The summed E-state index contributed by atoms with van der Waals surface area (Å²) < 4.78 is 26.4. The van der Waals surface area contributed by atoms with Gasteiger partial charge in [-0.3, -0.25) is 0 Å². The predicted molar refractivity (Wildman–Crippen MR) is 71.6 cm³/mol. The molecular formula is C12H16ClF2N3O. The number of nitrogens with one attached hydrogen (secondary N) is 1. The number of urea groups is 1. The zero-order valence-electron chi connectivity index (χ0n) is 10.2. The van der Waals surface area contributed by atoms with E-state index in [9.17, 15) is 13.6 Å². The molecule has 0 bridgehead atoms. The van der Waals surface area contributed by atoms with Crippen LogP contribution in [0, 0.1) is 11.6 Å². The maximum atomic E-state index is 13.6. The zero-order valence-corrected chi connectivity index (χ0v) is 11.1. The van der Waals surface area contributed by atoms with Gasteiger partial charge in [0.1, 0.15) is 11.6 Å². The summed E-state index contributed by atoms with van der Waals surface area (Å²) in [7, 11) is 0. The molecule has 0 aliphatic carbocycles. The topological polar surface area (TPSA) is 58.4 Å². The molecule has 0 spiro atoms. The summed E-state index contributed by atoms with van der Waals surface area (Å²) in [4.78, 5) is 12.5. The van der Waals surface area contributed by atoms with Crippen molar-refractivity contribution in [3.63, 3.8) is 0 Å². The first-order chi connectivity index (χ1) is 8.56. The molecule has 3 N–H and O–H groups in total. The van der Waals surface area contributed by atoms with Crippen LogP contribution in [0.4, 0.5) is 19.3 Å². The molecule has 1 saturated heterocycles. The minimum absolute atomic E-state index is 0. The highest BCUT2D eigenvalue weighted by Crippen LogP contribution is 2.23. The van der Waals surface area contributed by atoms with Crippen LogP contribution >= 0.6 is 12.4 Å². The quantitative estimate of drug-likeness (QED) is 0.876. The van der Waals surface area contributed by atoms with Gasteiger partial charge in [-0.1, -0.05) is 0 Å². The van der Waals surface area contributed by atoms with E-state index < -0.39 is 17.7 Å². The van der Waals surface area contributed by atoms with Gasteiger partial charge in [-0.2, -0.15) is 0 Å². The van der Waals surface area contributed by atoms with Crippen LogP contribution in [0.1, 0.15) is 12.8 Å². The number of benzene rings is 1. The van der Waals surface area contributed by atoms with Gasteiger partial charge in [-0.25, -0.2) is 13.6 Å². The Morgan fingerprint density at radius 2 is 1.95 bits per heavy atom. The standard InChI is InChI=1S/C12H15F2N3O.ClH/c13-8-1-2-11(10(14)7-8)17-5-3-9(4-6-17)16-12(15)18;/h1-2,7,9H,3-6H2,(H3,15,16,18);1H. The van der Waals surface area contributed by atoms with Crippen molar-refractivity contribution in [1.82, 2.24) is 5.32 Å². The van der Waals surface area contributed by atoms with Gasteiger partial charge >= 0.3 is 6.03 Å². The second-order valence-electron chi connectivity index (χ2n) is 4.37. The molecule has 0 saturated carbocycles. The number of nitrogens with two attached hydrogens (primary N) is 1. The number of carbonyl (C=O) groups is 1. The number of hydrogen-bond donors (Lipinski definition) is 2. The van der Waals surface area contributed by atoms with E-state index >= 15 is 0 Å². The summed E-state index contributed by atoms with van der Waals surface area (Å²) in [5, 5.41) is 2.64. The van der Waals surface area contributed by atoms with Gasteiger partial charge in [0, 0.05) is 25.2 Å². The minimum atomic E-state index is -0.582. The van der Waals surface area contributed by atoms with Crippen LogP contribution in [0.2, 0.25) is 0 Å². The summed E-state index contributed by atoms with van der Waals surface area (Å²) in [6.45, 7) is 1.21. The van der Waals surface area contributed by atoms with Crippen LogP contribution in [0.5, 0.6) is 0 Å². The minimum Gasteiger partial charge on any atom is -0.369 e. The molecule has 0 aromatic heterocycles. The van der Waals surface area contributed by atoms with Crippen molar-refractivity contribution in [2.75, 3.05) is 18.0 Å². The van der Waals surface area contributed by atoms with E-state index in [1.165, 1.54) is 12.1 Å². The van der Waals surface area contributed by atoms with Gasteiger partial charge in [0.2, 0.25) is 0 Å². The number of nitrogens with zero attached hydrogens (tertiary/aromatic N) is 1. The normalized spacial score (nSPS) is 15.8. The molecule has 1 aromatic rings. The highest BCUT2D eigenvalue weighted by Gasteiger charge is 2.21. The molecule has 1 aliphatic heterocycles. The molecular weight excluding hydrogens is 276 g/mol. The zero-order chi connectivity index (χ0) is 13.1. The number of rotatable bonds is 2. The lowest BCUT2D eigenvalue weighted by Gasteiger charge is -2.33. The number of anilines is 1. The van der Waals surface area contributed by atoms with Crippen molar-refractivity contribution < 1.29 is 13.6 Å². The number of carbonyl (C=O) groups excluding carboxylic acids is 1. The van der Waals surface area contributed by atoms with E-state index in [0.29, 0.717) is 31.6 Å². The second kappa shape index (κ2) is 6.56. The first-order valence-corrected chi connectivity index (χ1v) is 5.82. The van der Waals surface area contributed by atoms with Crippen LogP contribution in [0.3, 0.4) is 0 Å². The van der Waals surface area contributed by atoms with Gasteiger partial charge < -0.3 is 16.0 Å². The maximum absolute atomic E-state index is 13.6. The molecule has 106 valence electrons. The highest BCUT2D eigenvalue weighted by atomic mass is 35.5. The Kier molecular flexibility index (Phi) is 5.35. The SMILES string of the molecule is Cl.NC(=O)NC1CCN(c2ccc(F)cc2F)CC1. The predicted octanol–water partition coefficient (Wildman–Crippen LogP) is 2.02. The largest absolute Gasteiger partial charge is 0.369 e. The molecule has 0 atom stereocenters.